The number of phenols is 1. The summed E-state index contributed by atoms with van der Waals surface area (Å²) < 4.78 is 5.82. The number of hydrogen-bond acceptors (Lipinski definition) is 4. The van der Waals surface area contributed by atoms with Gasteiger partial charge in [-0.2, -0.15) is 0 Å². The van der Waals surface area contributed by atoms with Gasteiger partial charge >= 0.3 is 5.97 Å². The molecule has 1 aromatic rings. The summed E-state index contributed by atoms with van der Waals surface area (Å²) in [7, 11) is 0. The highest BCUT2D eigenvalue weighted by molar-refractivity contribution is 5.90. The number of aliphatic carboxylic acids is 1. The molecule has 0 aliphatic carbocycles. The van der Waals surface area contributed by atoms with E-state index in [1.165, 1.54) is 0 Å². The smallest absolute Gasteiger partial charge is 0.310 e. The molecule has 1 amide bonds. The fourth-order valence-corrected chi connectivity index (χ4v) is 3.87. The van der Waals surface area contributed by atoms with Crippen molar-refractivity contribution < 1.29 is 24.5 Å². The van der Waals surface area contributed by atoms with Gasteiger partial charge in [0, 0.05) is 6.54 Å². The Morgan fingerprint density at radius 3 is 3.00 bits per heavy atom. The van der Waals surface area contributed by atoms with Crippen LogP contribution in [0, 0.1) is 11.8 Å². The van der Waals surface area contributed by atoms with Crippen LogP contribution in [0.15, 0.2) is 36.4 Å². The standard InChI is InChI=1S/C16H15NO5/c18-10-3-1-2-9(6-10)7-17-8-16-5-4-11(22-16)12(15(20)21)13(16)14(17)19/h1-6,11-13,18H,7-8H2,(H,20,21)/t11-,12+,13-,16+/m1/s1. The van der Waals surface area contributed by atoms with Gasteiger partial charge in [-0.05, 0) is 17.7 Å². The molecular formula is C16H15NO5. The predicted octanol–water partition coefficient (Wildman–Crippen LogP) is 0.759. The number of carboxylic acid groups (broad SMARTS) is 1. The molecule has 2 saturated heterocycles. The van der Waals surface area contributed by atoms with Gasteiger partial charge in [0.1, 0.15) is 17.3 Å². The van der Waals surface area contributed by atoms with Crippen molar-refractivity contribution in [1.82, 2.24) is 4.90 Å². The van der Waals surface area contributed by atoms with E-state index in [-0.39, 0.29) is 11.7 Å². The number of amides is 1. The molecule has 22 heavy (non-hydrogen) atoms. The van der Waals surface area contributed by atoms with E-state index in [0.717, 1.165) is 5.56 Å². The van der Waals surface area contributed by atoms with Crippen LogP contribution < -0.4 is 0 Å². The van der Waals surface area contributed by atoms with E-state index in [9.17, 15) is 19.8 Å². The van der Waals surface area contributed by atoms with Crippen molar-refractivity contribution in [3.8, 4) is 5.75 Å². The first kappa shape index (κ1) is 13.3. The molecule has 0 unspecified atom stereocenters. The number of fused-ring (bicyclic) bond motifs is 1. The molecule has 1 aromatic carbocycles. The van der Waals surface area contributed by atoms with Crippen molar-refractivity contribution in [2.75, 3.05) is 6.54 Å². The lowest BCUT2D eigenvalue weighted by Crippen LogP contribution is -2.39. The van der Waals surface area contributed by atoms with E-state index in [2.05, 4.69) is 0 Å². The fourth-order valence-electron chi connectivity index (χ4n) is 3.87. The molecule has 2 bridgehead atoms. The highest BCUT2D eigenvalue weighted by Crippen LogP contribution is 2.52. The minimum absolute atomic E-state index is 0.142. The van der Waals surface area contributed by atoms with Crippen LogP contribution in [-0.2, 0) is 20.9 Å². The van der Waals surface area contributed by atoms with Gasteiger partial charge in [-0.15, -0.1) is 0 Å². The number of carbonyl (C=O) groups is 2. The van der Waals surface area contributed by atoms with Crippen LogP contribution in [0.5, 0.6) is 5.75 Å². The zero-order valence-corrected chi connectivity index (χ0v) is 11.7. The topological polar surface area (TPSA) is 87.1 Å². The summed E-state index contributed by atoms with van der Waals surface area (Å²) in [6.45, 7) is 0.683. The van der Waals surface area contributed by atoms with Gasteiger partial charge in [0.25, 0.3) is 0 Å². The van der Waals surface area contributed by atoms with E-state index in [1.54, 1.807) is 29.2 Å². The summed E-state index contributed by atoms with van der Waals surface area (Å²) in [6, 6.07) is 6.70. The highest BCUT2D eigenvalue weighted by Gasteiger charge is 2.66. The molecule has 6 heteroatoms. The van der Waals surface area contributed by atoms with Crippen LogP contribution in [0.3, 0.4) is 0 Å². The van der Waals surface area contributed by atoms with E-state index >= 15 is 0 Å². The van der Waals surface area contributed by atoms with Crippen molar-refractivity contribution in [3.63, 3.8) is 0 Å². The zero-order chi connectivity index (χ0) is 15.5. The van der Waals surface area contributed by atoms with E-state index in [0.29, 0.717) is 13.1 Å². The molecule has 6 nitrogen and oxygen atoms in total. The Hall–Kier alpha value is -2.34. The molecule has 2 N–H and O–H groups in total. The summed E-state index contributed by atoms with van der Waals surface area (Å²) >= 11 is 0. The number of phenolic OH excluding ortho intramolecular Hbond substituents is 1. The lowest BCUT2D eigenvalue weighted by molar-refractivity contribution is -0.148. The van der Waals surface area contributed by atoms with Gasteiger partial charge in [0.15, 0.2) is 0 Å². The maximum atomic E-state index is 12.7. The maximum absolute atomic E-state index is 12.7. The first-order valence-electron chi connectivity index (χ1n) is 7.17. The van der Waals surface area contributed by atoms with Crippen LogP contribution in [0.25, 0.3) is 0 Å². The number of benzene rings is 1. The van der Waals surface area contributed by atoms with E-state index in [4.69, 9.17) is 4.74 Å². The van der Waals surface area contributed by atoms with Crippen LogP contribution in [0.2, 0.25) is 0 Å². The average Bonchev–Trinajstić information content (AvgIpc) is 3.08. The summed E-state index contributed by atoms with van der Waals surface area (Å²) in [5.74, 6) is -2.51. The van der Waals surface area contributed by atoms with Crippen molar-refractivity contribution in [3.05, 3.63) is 42.0 Å². The van der Waals surface area contributed by atoms with Crippen LogP contribution in [0.1, 0.15) is 5.56 Å². The number of rotatable bonds is 3. The number of hydrogen-bond donors (Lipinski definition) is 2. The molecule has 0 radical (unpaired) electrons. The Balaban J connectivity index is 1.62. The number of aromatic hydroxyl groups is 1. The molecule has 1 spiro atoms. The Morgan fingerprint density at radius 2 is 2.27 bits per heavy atom. The summed E-state index contributed by atoms with van der Waals surface area (Å²) in [6.07, 6.45) is 3.08. The Morgan fingerprint density at radius 1 is 1.45 bits per heavy atom. The van der Waals surface area contributed by atoms with E-state index in [1.807, 2.05) is 12.1 Å². The second-order valence-electron chi connectivity index (χ2n) is 6.10. The van der Waals surface area contributed by atoms with Gasteiger partial charge in [0.05, 0.1) is 18.6 Å². The highest BCUT2D eigenvalue weighted by atomic mass is 16.5. The largest absolute Gasteiger partial charge is 0.508 e. The predicted molar refractivity (Wildman–Crippen MR) is 74.9 cm³/mol. The van der Waals surface area contributed by atoms with Gasteiger partial charge in [-0.1, -0.05) is 24.3 Å². The monoisotopic (exact) mass is 301 g/mol. The van der Waals surface area contributed by atoms with Gasteiger partial charge in [0.2, 0.25) is 5.91 Å². The first-order chi connectivity index (χ1) is 10.5. The summed E-state index contributed by atoms with van der Waals surface area (Å²) in [4.78, 5) is 25.7. The Bertz CT molecular complexity index is 700. The second kappa shape index (κ2) is 4.33. The lowest BCUT2D eigenvalue weighted by Gasteiger charge is -2.21. The number of carbonyl (C=O) groups excluding carboxylic acids is 1. The first-order valence-corrected chi connectivity index (χ1v) is 7.17. The summed E-state index contributed by atoms with van der Waals surface area (Å²) in [5.41, 5.74) is -0.00290. The molecule has 4 atom stereocenters. The Kier molecular flexibility index (Phi) is 2.62. The summed E-state index contributed by atoms with van der Waals surface area (Å²) in [5, 5.41) is 18.9. The molecule has 0 saturated carbocycles. The van der Waals surface area contributed by atoms with Crippen molar-refractivity contribution in [1.29, 1.82) is 0 Å². The minimum atomic E-state index is -0.992. The fraction of sp³-hybridized carbons (Fsp3) is 0.375. The molecule has 3 aliphatic rings. The minimum Gasteiger partial charge on any atom is -0.508 e. The number of carboxylic acids is 1. The zero-order valence-electron chi connectivity index (χ0n) is 11.7. The van der Waals surface area contributed by atoms with Crippen LogP contribution in [0.4, 0.5) is 0 Å². The van der Waals surface area contributed by atoms with Crippen molar-refractivity contribution >= 4 is 11.9 Å². The molecule has 4 rings (SSSR count). The molecular weight excluding hydrogens is 286 g/mol. The van der Waals surface area contributed by atoms with Crippen molar-refractivity contribution in [2.45, 2.75) is 18.2 Å². The normalized spacial score (nSPS) is 35.2. The van der Waals surface area contributed by atoms with E-state index < -0.39 is 29.5 Å². The van der Waals surface area contributed by atoms with Crippen molar-refractivity contribution in [2.24, 2.45) is 11.8 Å². The third-order valence-electron chi connectivity index (χ3n) is 4.75. The molecule has 114 valence electrons. The number of likely N-dealkylation sites (tertiary alicyclic amines) is 1. The SMILES string of the molecule is O=C(O)[C@H]1[C@H]2C=C[C@@]3(CN(Cc4cccc(O)c4)C(=O)[C@@H]13)O2. The van der Waals surface area contributed by atoms with Gasteiger partial charge < -0.3 is 19.8 Å². The molecule has 0 aromatic heterocycles. The average molecular weight is 301 g/mol. The molecule has 3 aliphatic heterocycles. The lowest BCUT2D eigenvalue weighted by atomic mass is 9.77. The maximum Gasteiger partial charge on any atom is 0.310 e. The van der Waals surface area contributed by atoms with Crippen LogP contribution in [-0.4, -0.2) is 45.2 Å². The van der Waals surface area contributed by atoms with Crippen LogP contribution >= 0.6 is 0 Å². The number of ether oxygens (including phenoxy) is 1. The molecule has 2 fully saturated rings. The number of nitrogens with zero attached hydrogens (tertiary/aromatic N) is 1. The quantitative estimate of drug-likeness (QED) is 0.805. The van der Waals surface area contributed by atoms with Gasteiger partial charge in [-0.3, -0.25) is 9.59 Å². The molecule has 3 heterocycles. The van der Waals surface area contributed by atoms with Gasteiger partial charge in [-0.25, -0.2) is 0 Å². The Labute approximate surface area is 126 Å². The second-order valence-corrected chi connectivity index (χ2v) is 6.10. The third kappa shape index (κ3) is 1.70. The third-order valence-corrected chi connectivity index (χ3v) is 4.75.